The number of aromatic nitrogens is 3. The van der Waals surface area contributed by atoms with E-state index in [0.29, 0.717) is 23.4 Å². The highest BCUT2D eigenvalue weighted by Gasteiger charge is 2.18. The summed E-state index contributed by atoms with van der Waals surface area (Å²) >= 11 is 0. The van der Waals surface area contributed by atoms with Gasteiger partial charge < -0.3 is 5.32 Å². The zero-order valence-electron chi connectivity index (χ0n) is 13.9. The minimum Gasteiger partial charge on any atom is -0.320 e. The molecule has 1 amide bonds. The van der Waals surface area contributed by atoms with E-state index in [1.54, 1.807) is 18.3 Å². The van der Waals surface area contributed by atoms with E-state index in [1.807, 2.05) is 13.8 Å². The molecule has 2 aromatic heterocycles. The van der Waals surface area contributed by atoms with E-state index in [0.717, 1.165) is 0 Å². The van der Waals surface area contributed by atoms with Crippen LogP contribution in [0.15, 0.2) is 47.4 Å². The fourth-order valence-corrected chi connectivity index (χ4v) is 2.48. The Hall–Kier alpha value is -3.09. The lowest BCUT2D eigenvalue weighted by Crippen LogP contribution is -2.32. The maximum atomic E-state index is 13.0. The lowest BCUT2D eigenvalue weighted by molar-refractivity contribution is 0.102. The van der Waals surface area contributed by atoms with Gasteiger partial charge in [-0.05, 0) is 42.3 Å². The molecule has 0 fully saturated rings. The number of amides is 1. The molecule has 1 aromatic carbocycles. The first-order chi connectivity index (χ1) is 12.0. The molecule has 0 aliphatic rings. The maximum Gasteiger partial charge on any atom is 0.283 e. The van der Waals surface area contributed by atoms with E-state index < -0.39 is 17.3 Å². The van der Waals surface area contributed by atoms with Crippen molar-refractivity contribution in [2.45, 2.75) is 20.4 Å². The molecule has 1 N–H and O–H groups in total. The normalized spacial score (nSPS) is 11.0. The molecular formula is C18H17FN4O2. The Kier molecular flexibility index (Phi) is 4.56. The van der Waals surface area contributed by atoms with Crippen molar-refractivity contribution in [2.24, 2.45) is 5.92 Å². The van der Waals surface area contributed by atoms with E-state index in [4.69, 9.17) is 0 Å². The van der Waals surface area contributed by atoms with Gasteiger partial charge in [0.2, 0.25) is 0 Å². The number of halogens is 1. The molecule has 0 saturated carbocycles. The third-order valence-corrected chi connectivity index (χ3v) is 3.57. The molecule has 0 atom stereocenters. The number of rotatable bonds is 4. The van der Waals surface area contributed by atoms with Gasteiger partial charge in [-0.15, -0.1) is 0 Å². The zero-order chi connectivity index (χ0) is 18.0. The number of anilines is 1. The number of benzene rings is 1. The molecule has 0 saturated heterocycles. The molecule has 3 aromatic rings. The molecule has 3 rings (SSSR count). The van der Waals surface area contributed by atoms with Crippen LogP contribution in [0.3, 0.4) is 0 Å². The van der Waals surface area contributed by atoms with E-state index in [-0.39, 0.29) is 11.6 Å². The smallest absolute Gasteiger partial charge is 0.283 e. The molecule has 0 radical (unpaired) electrons. The second-order valence-electron chi connectivity index (χ2n) is 6.08. The third-order valence-electron chi connectivity index (χ3n) is 3.57. The molecular weight excluding hydrogens is 323 g/mol. The Balaban J connectivity index is 2.06. The van der Waals surface area contributed by atoms with Crippen molar-refractivity contribution >= 4 is 22.8 Å². The van der Waals surface area contributed by atoms with Crippen LogP contribution in [0.1, 0.15) is 24.3 Å². The second-order valence-corrected chi connectivity index (χ2v) is 6.08. The number of nitrogens with zero attached hydrogens (tertiary/aromatic N) is 3. The molecule has 0 unspecified atom stereocenters. The number of fused-ring (bicyclic) bond motifs is 1. The van der Waals surface area contributed by atoms with Gasteiger partial charge >= 0.3 is 0 Å². The Bertz CT molecular complexity index is 981. The van der Waals surface area contributed by atoms with E-state index >= 15 is 0 Å². The van der Waals surface area contributed by atoms with Gasteiger partial charge in [-0.25, -0.2) is 14.4 Å². The highest BCUT2D eigenvalue weighted by Crippen LogP contribution is 2.12. The van der Waals surface area contributed by atoms with Crippen molar-refractivity contribution < 1.29 is 9.18 Å². The quantitative estimate of drug-likeness (QED) is 0.792. The third kappa shape index (κ3) is 3.55. The monoisotopic (exact) mass is 340 g/mol. The van der Waals surface area contributed by atoms with Crippen LogP contribution in [0.25, 0.3) is 11.2 Å². The first kappa shape index (κ1) is 16.8. The fourth-order valence-electron chi connectivity index (χ4n) is 2.48. The van der Waals surface area contributed by atoms with Crippen LogP contribution in [0.2, 0.25) is 0 Å². The van der Waals surface area contributed by atoms with Crippen molar-refractivity contribution in [1.82, 2.24) is 14.5 Å². The molecule has 0 spiro atoms. The molecule has 25 heavy (non-hydrogen) atoms. The number of hydrogen-bond acceptors (Lipinski definition) is 4. The Morgan fingerprint density at radius 1 is 1.24 bits per heavy atom. The second kappa shape index (κ2) is 6.80. The molecule has 2 heterocycles. The zero-order valence-corrected chi connectivity index (χ0v) is 13.9. The van der Waals surface area contributed by atoms with Crippen LogP contribution in [-0.4, -0.2) is 20.4 Å². The summed E-state index contributed by atoms with van der Waals surface area (Å²) in [4.78, 5) is 33.6. The molecule has 128 valence electrons. The number of hydrogen-bond donors (Lipinski definition) is 1. The summed E-state index contributed by atoms with van der Waals surface area (Å²) < 4.78 is 14.4. The molecule has 6 nitrogen and oxygen atoms in total. The topological polar surface area (TPSA) is 76.9 Å². The summed E-state index contributed by atoms with van der Waals surface area (Å²) in [6.07, 6.45) is 1.58. The largest absolute Gasteiger partial charge is 0.320 e. The van der Waals surface area contributed by atoms with Gasteiger partial charge in [-0.3, -0.25) is 14.2 Å². The van der Waals surface area contributed by atoms with Crippen LogP contribution in [0.4, 0.5) is 10.1 Å². The average Bonchev–Trinajstić information content (AvgIpc) is 2.59. The Morgan fingerprint density at radius 2 is 1.96 bits per heavy atom. The Labute approximate surface area is 143 Å². The summed E-state index contributed by atoms with van der Waals surface area (Å²) in [7, 11) is 0. The average molecular weight is 340 g/mol. The predicted molar refractivity (Wildman–Crippen MR) is 93.0 cm³/mol. The SMILES string of the molecule is CC(C)Cn1c(=O)c(C(=O)Nc2ccc(F)cc2)nc2cccnc21. The summed E-state index contributed by atoms with van der Waals surface area (Å²) in [5, 5.41) is 2.57. The minimum absolute atomic E-state index is 0.193. The number of nitrogens with one attached hydrogen (secondary N) is 1. The maximum absolute atomic E-state index is 13.0. The van der Waals surface area contributed by atoms with Gasteiger partial charge in [0, 0.05) is 18.4 Å². The van der Waals surface area contributed by atoms with Gasteiger partial charge in [0.1, 0.15) is 11.3 Å². The van der Waals surface area contributed by atoms with E-state index in [1.165, 1.54) is 28.8 Å². The van der Waals surface area contributed by atoms with Crippen molar-refractivity contribution in [3.8, 4) is 0 Å². The van der Waals surface area contributed by atoms with Gasteiger partial charge in [-0.1, -0.05) is 13.8 Å². The van der Waals surface area contributed by atoms with Crippen LogP contribution >= 0.6 is 0 Å². The number of pyridine rings is 1. The van der Waals surface area contributed by atoms with Crippen molar-refractivity contribution in [3.63, 3.8) is 0 Å². The molecule has 0 aliphatic carbocycles. The number of carbonyl (C=O) groups is 1. The highest BCUT2D eigenvalue weighted by molar-refractivity contribution is 6.03. The van der Waals surface area contributed by atoms with Crippen molar-refractivity contribution in [1.29, 1.82) is 0 Å². The standard InChI is InChI=1S/C18H17FN4O2/c1-11(2)10-23-16-14(4-3-9-20-16)22-15(18(23)25)17(24)21-13-7-5-12(19)6-8-13/h3-9,11H,10H2,1-2H3,(H,21,24). The number of carbonyl (C=O) groups excluding carboxylic acids is 1. The summed E-state index contributed by atoms with van der Waals surface area (Å²) in [6, 6.07) is 8.69. The van der Waals surface area contributed by atoms with Crippen LogP contribution in [-0.2, 0) is 6.54 Å². The van der Waals surface area contributed by atoms with Gasteiger partial charge in [-0.2, -0.15) is 0 Å². The lowest BCUT2D eigenvalue weighted by Gasteiger charge is -2.13. The highest BCUT2D eigenvalue weighted by atomic mass is 19.1. The van der Waals surface area contributed by atoms with Gasteiger partial charge in [0.15, 0.2) is 11.3 Å². The van der Waals surface area contributed by atoms with Crippen molar-refractivity contribution in [2.75, 3.05) is 5.32 Å². The molecule has 0 bridgehead atoms. The van der Waals surface area contributed by atoms with E-state index in [2.05, 4.69) is 15.3 Å². The van der Waals surface area contributed by atoms with E-state index in [9.17, 15) is 14.0 Å². The first-order valence-electron chi connectivity index (χ1n) is 7.88. The van der Waals surface area contributed by atoms with Crippen molar-refractivity contribution in [3.05, 3.63) is 64.5 Å². The van der Waals surface area contributed by atoms with Crippen LogP contribution in [0, 0.1) is 11.7 Å². The summed E-state index contributed by atoms with van der Waals surface area (Å²) in [6.45, 7) is 4.37. The fraction of sp³-hybridized carbons (Fsp3) is 0.222. The van der Waals surface area contributed by atoms with Gasteiger partial charge in [0.25, 0.3) is 11.5 Å². The summed E-state index contributed by atoms with van der Waals surface area (Å²) in [5.41, 5.74) is 0.575. The lowest BCUT2D eigenvalue weighted by atomic mass is 10.2. The minimum atomic E-state index is -0.639. The molecule has 7 heteroatoms. The van der Waals surface area contributed by atoms with Crippen LogP contribution < -0.4 is 10.9 Å². The summed E-state index contributed by atoms with van der Waals surface area (Å²) in [5.74, 6) is -0.856. The first-order valence-corrected chi connectivity index (χ1v) is 7.88. The predicted octanol–water partition coefficient (Wildman–Crippen LogP) is 2.84. The molecule has 0 aliphatic heterocycles. The Morgan fingerprint density at radius 3 is 2.64 bits per heavy atom. The van der Waals surface area contributed by atoms with Crippen LogP contribution in [0.5, 0.6) is 0 Å². The van der Waals surface area contributed by atoms with Gasteiger partial charge in [0.05, 0.1) is 0 Å².